The summed E-state index contributed by atoms with van der Waals surface area (Å²) >= 11 is 0. The number of hydrogen-bond donors (Lipinski definition) is 1. The molecule has 1 aromatic carbocycles. The van der Waals surface area contributed by atoms with E-state index < -0.39 is 24.3 Å². The first-order valence-electron chi connectivity index (χ1n) is 8.53. The van der Waals surface area contributed by atoms with Gasteiger partial charge in [0.2, 0.25) is 0 Å². The Balaban J connectivity index is 1.89. The van der Waals surface area contributed by atoms with Gasteiger partial charge in [0.05, 0.1) is 12.7 Å². The number of nitrogens with one attached hydrogen (secondary N) is 1. The molecule has 0 spiro atoms. The van der Waals surface area contributed by atoms with Crippen molar-refractivity contribution in [3.05, 3.63) is 65.5 Å². The van der Waals surface area contributed by atoms with Gasteiger partial charge in [-0.15, -0.1) is 13.2 Å². The fourth-order valence-corrected chi connectivity index (χ4v) is 3.21. The molecule has 0 bridgehead atoms. The molecule has 10 heteroatoms. The van der Waals surface area contributed by atoms with Crippen molar-refractivity contribution in [1.82, 2.24) is 19.3 Å². The average molecular weight is 406 g/mol. The van der Waals surface area contributed by atoms with E-state index >= 15 is 0 Å². The van der Waals surface area contributed by atoms with Crippen LogP contribution in [0.2, 0.25) is 0 Å². The average Bonchev–Trinajstić information content (AvgIpc) is 3.33. The standard InChI is InChI=1S/C19H14F4N4O2/c20-6-8-26-7-5-15-16(12-9-24-25-10-12)11-27(18(28)17(15)26)13-1-3-14(4-2-13)29-19(21,22)23/h1-5,7,9-11H,6,8H2,(H,24,25). The molecule has 0 amide bonds. The number of pyridine rings is 1. The SMILES string of the molecule is O=c1c2c(ccn2CCF)c(-c2cn[nH]c2)cn1-c1ccc(OC(F)(F)F)cc1. The third-order valence-corrected chi connectivity index (χ3v) is 4.42. The number of aromatic nitrogens is 4. The maximum atomic E-state index is 13.1. The van der Waals surface area contributed by atoms with E-state index in [1.807, 2.05) is 0 Å². The summed E-state index contributed by atoms with van der Waals surface area (Å²) in [5.74, 6) is -0.397. The van der Waals surface area contributed by atoms with Gasteiger partial charge in [-0.3, -0.25) is 14.5 Å². The normalized spacial score (nSPS) is 11.9. The van der Waals surface area contributed by atoms with Gasteiger partial charge in [0, 0.05) is 40.8 Å². The molecule has 150 valence electrons. The molecule has 0 aliphatic heterocycles. The second-order valence-corrected chi connectivity index (χ2v) is 6.21. The largest absolute Gasteiger partial charge is 0.573 e. The smallest absolute Gasteiger partial charge is 0.406 e. The molecule has 0 saturated heterocycles. The lowest BCUT2D eigenvalue weighted by molar-refractivity contribution is -0.274. The molecule has 1 N–H and O–H groups in total. The molecule has 0 aliphatic carbocycles. The zero-order chi connectivity index (χ0) is 20.6. The molecule has 29 heavy (non-hydrogen) atoms. The van der Waals surface area contributed by atoms with E-state index in [9.17, 15) is 22.4 Å². The highest BCUT2D eigenvalue weighted by molar-refractivity contribution is 5.94. The molecule has 0 fully saturated rings. The Labute approximate surface area is 161 Å². The van der Waals surface area contributed by atoms with E-state index in [-0.39, 0.29) is 12.1 Å². The summed E-state index contributed by atoms with van der Waals surface area (Å²) in [7, 11) is 0. The molecule has 6 nitrogen and oxygen atoms in total. The van der Waals surface area contributed by atoms with E-state index in [1.54, 1.807) is 30.9 Å². The number of benzene rings is 1. The molecular weight excluding hydrogens is 392 g/mol. The van der Waals surface area contributed by atoms with Gasteiger partial charge in [-0.2, -0.15) is 5.10 Å². The van der Waals surface area contributed by atoms with E-state index in [0.29, 0.717) is 22.2 Å². The Morgan fingerprint density at radius 2 is 1.90 bits per heavy atom. The predicted octanol–water partition coefficient (Wildman–Crippen LogP) is 4.05. The quantitative estimate of drug-likeness (QED) is 0.509. The van der Waals surface area contributed by atoms with Crippen molar-refractivity contribution >= 4 is 10.9 Å². The second kappa shape index (κ2) is 7.12. The highest BCUT2D eigenvalue weighted by Gasteiger charge is 2.31. The molecule has 0 unspecified atom stereocenters. The fourth-order valence-electron chi connectivity index (χ4n) is 3.21. The van der Waals surface area contributed by atoms with Crippen LogP contribution < -0.4 is 10.3 Å². The lowest BCUT2D eigenvalue weighted by Gasteiger charge is -2.13. The van der Waals surface area contributed by atoms with Crippen molar-refractivity contribution < 1.29 is 22.3 Å². The van der Waals surface area contributed by atoms with Gasteiger partial charge in [-0.25, -0.2) is 4.39 Å². The Kier molecular flexibility index (Phi) is 4.61. The summed E-state index contributed by atoms with van der Waals surface area (Å²) in [6.07, 6.45) is 1.63. The van der Waals surface area contributed by atoms with Gasteiger partial charge in [-0.05, 0) is 30.3 Å². The van der Waals surface area contributed by atoms with Gasteiger partial charge < -0.3 is 9.30 Å². The second-order valence-electron chi connectivity index (χ2n) is 6.21. The summed E-state index contributed by atoms with van der Waals surface area (Å²) < 4.78 is 56.8. The molecule has 0 atom stereocenters. The molecule has 0 radical (unpaired) electrons. The van der Waals surface area contributed by atoms with Crippen molar-refractivity contribution in [2.24, 2.45) is 0 Å². The monoisotopic (exact) mass is 406 g/mol. The number of nitrogens with zero attached hydrogens (tertiary/aromatic N) is 3. The number of alkyl halides is 4. The minimum Gasteiger partial charge on any atom is -0.406 e. The summed E-state index contributed by atoms with van der Waals surface area (Å²) in [6.45, 7) is -0.644. The number of hydrogen-bond acceptors (Lipinski definition) is 3. The van der Waals surface area contributed by atoms with Gasteiger partial charge >= 0.3 is 6.36 Å². The van der Waals surface area contributed by atoms with Crippen LogP contribution in [0.4, 0.5) is 17.6 Å². The van der Waals surface area contributed by atoms with Crippen LogP contribution in [0, 0.1) is 0 Å². The topological polar surface area (TPSA) is 64.8 Å². The number of fused-ring (bicyclic) bond motifs is 1. The summed E-state index contributed by atoms with van der Waals surface area (Å²) in [5.41, 5.74) is 1.58. The molecular formula is C19H14F4N4O2. The minimum absolute atomic E-state index is 0.00589. The first-order valence-corrected chi connectivity index (χ1v) is 8.53. The van der Waals surface area contributed by atoms with E-state index in [2.05, 4.69) is 14.9 Å². The predicted molar refractivity (Wildman–Crippen MR) is 97.8 cm³/mol. The molecule has 3 aromatic heterocycles. The summed E-state index contributed by atoms with van der Waals surface area (Å²) in [5, 5.41) is 7.24. The molecule has 3 heterocycles. The number of aryl methyl sites for hydroxylation is 1. The van der Waals surface area contributed by atoms with E-state index in [1.165, 1.54) is 21.3 Å². The Morgan fingerprint density at radius 1 is 1.14 bits per heavy atom. The van der Waals surface area contributed by atoms with Crippen molar-refractivity contribution in [1.29, 1.82) is 0 Å². The molecule has 4 rings (SSSR count). The Morgan fingerprint density at radius 3 is 2.52 bits per heavy atom. The van der Waals surface area contributed by atoms with E-state index in [0.717, 1.165) is 12.1 Å². The van der Waals surface area contributed by atoms with Crippen LogP contribution in [-0.2, 0) is 6.54 Å². The number of halogens is 4. The lowest BCUT2D eigenvalue weighted by Crippen LogP contribution is -2.21. The third-order valence-electron chi connectivity index (χ3n) is 4.42. The summed E-state index contributed by atoms with van der Waals surface area (Å²) in [6, 6.07) is 6.65. The minimum atomic E-state index is -4.81. The molecule has 0 saturated carbocycles. The van der Waals surface area contributed by atoms with Gasteiger partial charge in [-0.1, -0.05) is 0 Å². The zero-order valence-electron chi connectivity index (χ0n) is 14.8. The molecule has 4 aromatic rings. The third kappa shape index (κ3) is 3.60. The number of aromatic amines is 1. The van der Waals surface area contributed by atoms with Crippen LogP contribution in [0.3, 0.4) is 0 Å². The van der Waals surface area contributed by atoms with Gasteiger partial charge in [0.25, 0.3) is 5.56 Å². The van der Waals surface area contributed by atoms with Gasteiger partial charge in [0.1, 0.15) is 17.9 Å². The van der Waals surface area contributed by atoms with E-state index in [4.69, 9.17) is 0 Å². The van der Waals surface area contributed by atoms with Crippen molar-refractivity contribution in [3.8, 4) is 22.6 Å². The first-order chi connectivity index (χ1) is 13.9. The highest BCUT2D eigenvalue weighted by Crippen LogP contribution is 2.29. The van der Waals surface area contributed by atoms with Crippen LogP contribution in [0.1, 0.15) is 0 Å². The van der Waals surface area contributed by atoms with Crippen molar-refractivity contribution in [2.75, 3.05) is 6.67 Å². The number of H-pyrrole nitrogens is 1. The maximum Gasteiger partial charge on any atom is 0.573 e. The van der Waals surface area contributed by atoms with Crippen LogP contribution in [0.25, 0.3) is 27.7 Å². The number of ether oxygens (including phenoxy) is 1. The number of rotatable bonds is 5. The van der Waals surface area contributed by atoms with Crippen LogP contribution in [0.5, 0.6) is 5.75 Å². The Bertz CT molecular complexity index is 1190. The fraction of sp³-hybridized carbons (Fsp3) is 0.158. The van der Waals surface area contributed by atoms with Crippen LogP contribution in [0.15, 0.2) is 59.9 Å². The van der Waals surface area contributed by atoms with Crippen molar-refractivity contribution in [2.45, 2.75) is 12.9 Å². The maximum absolute atomic E-state index is 13.1. The summed E-state index contributed by atoms with van der Waals surface area (Å²) in [4.78, 5) is 13.1. The van der Waals surface area contributed by atoms with Crippen molar-refractivity contribution in [3.63, 3.8) is 0 Å². The Hall–Kier alpha value is -3.56. The lowest BCUT2D eigenvalue weighted by atomic mass is 10.1. The molecule has 0 aliphatic rings. The zero-order valence-corrected chi connectivity index (χ0v) is 14.8. The van der Waals surface area contributed by atoms with Crippen LogP contribution >= 0.6 is 0 Å². The first kappa shape index (κ1) is 18.8. The van der Waals surface area contributed by atoms with Crippen LogP contribution in [-0.4, -0.2) is 32.4 Å². The van der Waals surface area contributed by atoms with Gasteiger partial charge in [0.15, 0.2) is 0 Å². The highest BCUT2D eigenvalue weighted by atomic mass is 19.4.